The van der Waals surface area contributed by atoms with E-state index >= 15 is 0 Å². The van der Waals surface area contributed by atoms with E-state index in [2.05, 4.69) is 10.3 Å². The van der Waals surface area contributed by atoms with E-state index in [4.69, 9.17) is 21.4 Å². The number of rotatable bonds is 7. The number of carbonyl (C=O) groups is 2. The van der Waals surface area contributed by atoms with Gasteiger partial charge in [-0.15, -0.1) is 0 Å². The van der Waals surface area contributed by atoms with Crippen molar-refractivity contribution in [2.24, 2.45) is 0 Å². The molecule has 3 heterocycles. The Labute approximate surface area is 216 Å². The standard InChI is InChI=1S/C27H21N3O6S/c1-35-21-8-3-2-7-19(21)30-24(23(29-27(30)37)18-6-4-5-11-28-18)22-10-9-20(36-22)15-12-16(25(31)32)14-17(13-15)26(33)34/h2-14,23-24H,1H3,(H,29,37)(H,31,32)(H,33,34)/t23-,24+/m0/s1. The van der Waals surface area contributed by atoms with E-state index in [-0.39, 0.29) is 17.2 Å². The number of nitrogens with zero attached hydrogens (tertiary/aromatic N) is 2. The van der Waals surface area contributed by atoms with Gasteiger partial charge < -0.3 is 29.6 Å². The number of aromatic nitrogens is 1. The van der Waals surface area contributed by atoms with Crippen LogP contribution >= 0.6 is 12.2 Å². The minimum Gasteiger partial charge on any atom is -0.495 e. The Kier molecular flexibility index (Phi) is 6.33. The Morgan fingerprint density at radius 1 is 1.00 bits per heavy atom. The Bertz CT molecular complexity index is 1470. The van der Waals surface area contributed by atoms with Crippen LogP contribution in [-0.2, 0) is 0 Å². The first-order valence-corrected chi connectivity index (χ1v) is 11.6. The van der Waals surface area contributed by atoms with Gasteiger partial charge in [-0.05, 0) is 66.8 Å². The van der Waals surface area contributed by atoms with Crippen molar-refractivity contribution in [3.63, 3.8) is 0 Å². The molecule has 1 saturated heterocycles. The molecule has 5 rings (SSSR count). The quantitative estimate of drug-likeness (QED) is 0.292. The molecule has 186 valence electrons. The summed E-state index contributed by atoms with van der Waals surface area (Å²) in [7, 11) is 1.58. The summed E-state index contributed by atoms with van der Waals surface area (Å²) in [6, 6.07) is 19.5. The molecular formula is C27H21N3O6S. The molecule has 0 spiro atoms. The number of benzene rings is 2. The molecule has 0 aliphatic carbocycles. The third-order valence-corrected chi connectivity index (χ3v) is 6.39. The van der Waals surface area contributed by atoms with Gasteiger partial charge in [-0.25, -0.2) is 9.59 Å². The zero-order valence-electron chi connectivity index (χ0n) is 19.5. The lowest BCUT2D eigenvalue weighted by Gasteiger charge is -2.27. The van der Waals surface area contributed by atoms with Gasteiger partial charge in [0, 0.05) is 11.8 Å². The van der Waals surface area contributed by atoms with Crippen molar-refractivity contribution in [3.8, 4) is 17.1 Å². The van der Waals surface area contributed by atoms with Crippen molar-refractivity contribution in [1.29, 1.82) is 0 Å². The Balaban J connectivity index is 1.63. The van der Waals surface area contributed by atoms with Gasteiger partial charge in [-0.1, -0.05) is 18.2 Å². The second kappa shape index (κ2) is 9.75. The maximum atomic E-state index is 11.6. The number of hydrogen-bond donors (Lipinski definition) is 3. The van der Waals surface area contributed by atoms with Crippen LogP contribution < -0.4 is 15.0 Å². The number of thiocarbonyl (C=S) groups is 1. The number of carboxylic acids is 2. The summed E-state index contributed by atoms with van der Waals surface area (Å²) < 4.78 is 11.8. The summed E-state index contributed by atoms with van der Waals surface area (Å²) in [5.74, 6) is -1.02. The largest absolute Gasteiger partial charge is 0.495 e. The van der Waals surface area contributed by atoms with Crippen LogP contribution in [0.2, 0.25) is 0 Å². The van der Waals surface area contributed by atoms with E-state index in [9.17, 15) is 19.8 Å². The molecule has 4 aromatic rings. The predicted octanol–water partition coefficient (Wildman–Crippen LogP) is 4.92. The molecule has 3 N–H and O–H groups in total. The SMILES string of the molecule is COc1ccccc1N1C(=S)N[C@@H](c2ccccn2)[C@H]1c1ccc(-c2cc(C(=O)O)cc(C(=O)O)c2)o1. The fourth-order valence-corrected chi connectivity index (χ4v) is 4.75. The smallest absolute Gasteiger partial charge is 0.335 e. The molecule has 0 unspecified atom stereocenters. The number of hydrogen-bond acceptors (Lipinski definition) is 6. The normalized spacial score (nSPS) is 16.9. The number of aromatic carboxylic acids is 2. The maximum Gasteiger partial charge on any atom is 0.335 e. The van der Waals surface area contributed by atoms with E-state index in [0.29, 0.717) is 27.9 Å². The van der Waals surface area contributed by atoms with Gasteiger partial charge in [0.1, 0.15) is 23.3 Å². The van der Waals surface area contributed by atoms with Crippen molar-refractivity contribution in [3.05, 3.63) is 102 Å². The lowest BCUT2D eigenvalue weighted by atomic mass is 10.0. The van der Waals surface area contributed by atoms with Crippen LogP contribution in [0.25, 0.3) is 11.3 Å². The molecule has 9 nitrogen and oxygen atoms in total. The second-order valence-electron chi connectivity index (χ2n) is 8.28. The number of pyridine rings is 1. The Morgan fingerprint density at radius 3 is 2.35 bits per heavy atom. The molecule has 2 aromatic heterocycles. The molecule has 0 amide bonds. The molecule has 1 aliphatic rings. The molecule has 0 radical (unpaired) electrons. The number of ether oxygens (including phenoxy) is 1. The van der Waals surface area contributed by atoms with Crippen molar-refractivity contribution >= 4 is 35.0 Å². The molecule has 37 heavy (non-hydrogen) atoms. The lowest BCUT2D eigenvalue weighted by Crippen LogP contribution is -2.29. The monoisotopic (exact) mass is 515 g/mol. The fourth-order valence-electron chi connectivity index (χ4n) is 4.42. The Hall–Kier alpha value is -4.70. The molecule has 1 fully saturated rings. The lowest BCUT2D eigenvalue weighted by molar-refractivity contribution is 0.0696. The highest BCUT2D eigenvalue weighted by Gasteiger charge is 2.43. The average molecular weight is 516 g/mol. The Morgan fingerprint density at radius 2 is 1.70 bits per heavy atom. The molecule has 10 heteroatoms. The highest BCUT2D eigenvalue weighted by Crippen LogP contribution is 2.45. The number of anilines is 1. The van der Waals surface area contributed by atoms with Crippen LogP contribution in [0.1, 0.15) is 44.3 Å². The van der Waals surface area contributed by atoms with Gasteiger partial charge in [0.25, 0.3) is 0 Å². The first kappa shape index (κ1) is 24.0. The van der Waals surface area contributed by atoms with Crippen molar-refractivity contribution in [2.45, 2.75) is 12.1 Å². The van der Waals surface area contributed by atoms with Gasteiger partial charge in [0.15, 0.2) is 5.11 Å². The van der Waals surface area contributed by atoms with Crippen LogP contribution in [0, 0.1) is 0 Å². The van der Waals surface area contributed by atoms with Gasteiger partial charge in [0.05, 0.1) is 35.7 Å². The highest BCUT2D eigenvalue weighted by molar-refractivity contribution is 7.80. The number of para-hydroxylation sites is 2. The molecule has 2 aromatic carbocycles. The van der Waals surface area contributed by atoms with Crippen LogP contribution in [0.5, 0.6) is 5.75 Å². The van der Waals surface area contributed by atoms with E-state index in [1.807, 2.05) is 47.4 Å². The average Bonchev–Trinajstić information content (AvgIpc) is 3.53. The first-order chi connectivity index (χ1) is 17.9. The minimum absolute atomic E-state index is 0.154. The van der Waals surface area contributed by atoms with Crippen LogP contribution in [-0.4, -0.2) is 39.4 Å². The van der Waals surface area contributed by atoms with Gasteiger partial charge >= 0.3 is 11.9 Å². The molecule has 0 saturated carbocycles. The van der Waals surface area contributed by atoms with Crippen molar-refractivity contribution < 1.29 is 29.0 Å². The van der Waals surface area contributed by atoms with E-state index < -0.39 is 18.0 Å². The van der Waals surface area contributed by atoms with E-state index in [0.717, 1.165) is 17.4 Å². The number of methoxy groups -OCH3 is 1. The summed E-state index contributed by atoms with van der Waals surface area (Å²) in [5, 5.41) is 22.7. The van der Waals surface area contributed by atoms with E-state index in [1.54, 1.807) is 25.4 Å². The van der Waals surface area contributed by atoms with Crippen molar-refractivity contribution in [1.82, 2.24) is 10.3 Å². The minimum atomic E-state index is -1.24. The number of nitrogens with one attached hydrogen (secondary N) is 1. The molecule has 0 bridgehead atoms. The third-order valence-electron chi connectivity index (χ3n) is 6.07. The maximum absolute atomic E-state index is 11.6. The summed E-state index contributed by atoms with van der Waals surface area (Å²) in [4.78, 5) is 29.6. The summed E-state index contributed by atoms with van der Waals surface area (Å²) >= 11 is 5.74. The van der Waals surface area contributed by atoms with Crippen LogP contribution in [0.3, 0.4) is 0 Å². The summed E-state index contributed by atoms with van der Waals surface area (Å²) in [6.45, 7) is 0. The fraction of sp³-hybridized carbons (Fsp3) is 0.111. The van der Waals surface area contributed by atoms with Gasteiger partial charge in [-0.2, -0.15) is 0 Å². The summed E-state index contributed by atoms with van der Waals surface area (Å²) in [5.41, 5.74) is 1.49. The zero-order valence-corrected chi connectivity index (χ0v) is 20.3. The second-order valence-corrected chi connectivity index (χ2v) is 8.67. The van der Waals surface area contributed by atoms with Crippen molar-refractivity contribution in [2.75, 3.05) is 12.0 Å². The molecular weight excluding hydrogens is 494 g/mol. The summed E-state index contributed by atoms with van der Waals surface area (Å²) in [6.07, 6.45) is 1.70. The molecule has 2 atom stereocenters. The molecule has 1 aliphatic heterocycles. The van der Waals surface area contributed by atoms with Crippen LogP contribution in [0.15, 0.2) is 83.4 Å². The number of carboxylic acid groups (broad SMARTS) is 2. The first-order valence-electron chi connectivity index (χ1n) is 11.2. The topological polar surface area (TPSA) is 125 Å². The highest BCUT2D eigenvalue weighted by atomic mass is 32.1. The predicted molar refractivity (Wildman–Crippen MR) is 139 cm³/mol. The van der Waals surface area contributed by atoms with Gasteiger partial charge in [-0.3, -0.25) is 4.98 Å². The van der Waals surface area contributed by atoms with E-state index in [1.165, 1.54) is 12.1 Å². The van der Waals surface area contributed by atoms with Crippen LogP contribution in [0.4, 0.5) is 5.69 Å². The third kappa shape index (κ3) is 4.50. The van der Waals surface area contributed by atoms with Gasteiger partial charge in [0.2, 0.25) is 0 Å². The zero-order chi connectivity index (χ0) is 26.1. The number of furan rings is 1.